The molecule has 0 amide bonds. The molecule has 4 saturated carbocycles. The van der Waals surface area contributed by atoms with E-state index in [0.29, 0.717) is 25.7 Å². The molecule has 4 aliphatic rings. The summed E-state index contributed by atoms with van der Waals surface area (Å²) in [5.41, 5.74) is -0.856. The summed E-state index contributed by atoms with van der Waals surface area (Å²) in [4.78, 5) is 24.7. The molecular weight excluding hydrogens is 320 g/mol. The predicted molar refractivity (Wildman–Crippen MR) is 90.7 cm³/mol. The van der Waals surface area contributed by atoms with E-state index in [4.69, 9.17) is 0 Å². The molecular formula is C20H28O5. The van der Waals surface area contributed by atoms with E-state index in [-0.39, 0.29) is 17.3 Å². The standard InChI is InChI=1S/C20H28O5/c1-10-8-20-9-11(10)12(21)7-13(20)18(2)5-4-6-19(3,17(24)25)15(18)14(20)16(22)23/h11-15,21H,1,4-9H2,2-3H3,(H,22,23)(H,24,25). The first-order chi connectivity index (χ1) is 11.6. The molecule has 5 nitrogen and oxygen atoms in total. The summed E-state index contributed by atoms with van der Waals surface area (Å²) in [6, 6.07) is 0. The van der Waals surface area contributed by atoms with Crippen LogP contribution in [0.3, 0.4) is 0 Å². The maximum atomic E-state index is 12.4. The molecule has 4 fully saturated rings. The molecule has 0 aromatic rings. The van der Waals surface area contributed by atoms with Gasteiger partial charge in [-0.3, -0.25) is 9.59 Å². The normalized spacial score (nSPS) is 54.0. The molecule has 0 radical (unpaired) electrons. The molecule has 3 N–H and O–H groups in total. The Kier molecular flexibility index (Phi) is 3.33. The zero-order chi connectivity index (χ0) is 18.4. The molecule has 4 aliphatic carbocycles. The fraction of sp³-hybridized carbons (Fsp3) is 0.800. The smallest absolute Gasteiger partial charge is 0.309 e. The van der Waals surface area contributed by atoms with Crippen molar-refractivity contribution in [2.75, 3.05) is 0 Å². The highest BCUT2D eigenvalue weighted by Gasteiger charge is 2.76. The summed E-state index contributed by atoms with van der Waals surface area (Å²) in [5, 5.41) is 30.9. The van der Waals surface area contributed by atoms with Crippen LogP contribution in [0.25, 0.3) is 0 Å². The zero-order valence-electron chi connectivity index (χ0n) is 15.0. The maximum Gasteiger partial charge on any atom is 0.309 e. The van der Waals surface area contributed by atoms with Crippen LogP contribution in [0.5, 0.6) is 0 Å². The largest absolute Gasteiger partial charge is 0.481 e. The van der Waals surface area contributed by atoms with Crippen LogP contribution < -0.4 is 0 Å². The van der Waals surface area contributed by atoms with Crippen molar-refractivity contribution >= 4 is 11.9 Å². The summed E-state index contributed by atoms with van der Waals surface area (Å²) < 4.78 is 0. The minimum absolute atomic E-state index is 0.0297. The lowest BCUT2D eigenvalue weighted by molar-refractivity contribution is -0.166. The molecule has 0 aromatic heterocycles. The lowest BCUT2D eigenvalue weighted by Crippen LogP contribution is -2.50. The molecule has 0 aliphatic heterocycles. The van der Waals surface area contributed by atoms with Gasteiger partial charge < -0.3 is 15.3 Å². The van der Waals surface area contributed by atoms with E-state index in [9.17, 15) is 24.9 Å². The Morgan fingerprint density at radius 2 is 1.88 bits per heavy atom. The molecule has 0 aromatic carbocycles. The van der Waals surface area contributed by atoms with E-state index < -0.39 is 40.7 Å². The first-order valence-corrected chi connectivity index (χ1v) is 9.40. The van der Waals surface area contributed by atoms with Crippen molar-refractivity contribution in [3.8, 4) is 0 Å². The van der Waals surface area contributed by atoms with Gasteiger partial charge in [-0.2, -0.15) is 0 Å². The average molecular weight is 348 g/mol. The van der Waals surface area contributed by atoms with Crippen molar-refractivity contribution in [3.05, 3.63) is 12.2 Å². The fourth-order valence-electron chi connectivity index (χ4n) is 7.85. The van der Waals surface area contributed by atoms with E-state index in [2.05, 4.69) is 13.5 Å². The quantitative estimate of drug-likeness (QED) is 0.667. The summed E-state index contributed by atoms with van der Waals surface area (Å²) in [5.74, 6) is -2.78. The number of carbonyl (C=O) groups is 2. The summed E-state index contributed by atoms with van der Waals surface area (Å²) in [7, 11) is 0. The van der Waals surface area contributed by atoms with Crippen molar-refractivity contribution in [3.63, 3.8) is 0 Å². The number of hydrogen-bond donors (Lipinski definition) is 3. The van der Waals surface area contributed by atoms with Crippen LogP contribution in [0.1, 0.15) is 52.4 Å². The van der Waals surface area contributed by atoms with Gasteiger partial charge in [-0.1, -0.05) is 25.5 Å². The van der Waals surface area contributed by atoms with Gasteiger partial charge in [0.2, 0.25) is 0 Å². The van der Waals surface area contributed by atoms with Gasteiger partial charge in [0, 0.05) is 5.92 Å². The molecule has 8 unspecified atom stereocenters. The van der Waals surface area contributed by atoms with Crippen LogP contribution in [0.15, 0.2) is 12.2 Å². The zero-order valence-corrected chi connectivity index (χ0v) is 15.0. The van der Waals surface area contributed by atoms with E-state index in [0.717, 1.165) is 18.4 Å². The molecule has 138 valence electrons. The number of rotatable bonds is 2. The topological polar surface area (TPSA) is 94.8 Å². The van der Waals surface area contributed by atoms with Gasteiger partial charge in [-0.05, 0) is 61.7 Å². The first kappa shape index (κ1) is 17.1. The van der Waals surface area contributed by atoms with Crippen molar-refractivity contribution in [1.82, 2.24) is 0 Å². The second-order valence-corrected chi connectivity index (χ2v) is 9.61. The van der Waals surface area contributed by atoms with Crippen molar-refractivity contribution in [2.45, 2.75) is 58.5 Å². The Bertz CT molecular complexity index is 671. The number of hydrogen-bond acceptors (Lipinski definition) is 3. The van der Waals surface area contributed by atoms with Crippen LogP contribution in [-0.4, -0.2) is 33.4 Å². The highest BCUT2D eigenvalue weighted by molar-refractivity contribution is 5.79. The van der Waals surface area contributed by atoms with Crippen LogP contribution in [0, 0.1) is 39.9 Å². The van der Waals surface area contributed by atoms with Gasteiger partial charge in [0.25, 0.3) is 0 Å². The molecule has 0 heterocycles. The summed E-state index contributed by atoms with van der Waals surface area (Å²) >= 11 is 0. The number of carboxylic acids is 2. The minimum Gasteiger partial charge on any atom is -0.481 e. The Hall–Kier alpha value is -1.36. The Labute approximate surface area is 148 Å². The van der Waals surface area contributed by atoms with Gasteiger partial charge in [-0.25, -0.2) is 0 Å². The van der Waals surface area contributed by atoms with E-state index >= 15 is 0 Å². The number of carboxylic acid groups (broad SMARTS) is 2. The molecule has 0 saturated heterocycles. The highest BCUT2D eigenvalue weighted by Crippen LogP contribution is 2.77. The van der Waals surface area contributed by atoms with Crippen molar-refractivity contribution < 1.29 is 24.9 Å². The van der Waals surface area contributed by atoms with Gasteiger partial charge in [-0.15, -0.1) is 0 Å². The Morgan fingerprint density at radius 3 is 2.48 bits per heavy atom. The Morgan fingerprint density at radius 1 is 1.20 bits per heavy atom. The monoisotopic (exact) mass is 348 g/mol. The molecule has 1 spiro atoms. The van der Waals surface area contributed by atoms with Gasteiger partial charge in [0.05, 0.1) is 17.4 Å². The van der Waals surface area contributed by atoms with E-state index in [1.807, 2.05) is 0 Å². The number of aliphatic carboxylic acids is 2. The second-order valence-electron chi connectivity index (χ2n) is 9.61. The van der Waals surface area contributed by atoms with Crippen LogP contribution >= 0.6 is 0 Å². The summed E-state index contributed by atoms with van der Waals surface area (Å²) in [6.07, 6.45) is 3.55. The third-order valence-corrected chi connectivity index (χ3v) is 8.63. The number of fused-ring (bicyclic) bond motifs is 3. The highest BCUT2D eigenvalue weighted by atomic mass is 16.4. The molecule has 4 rings (SSSR count). The third-order valence-electron chi connectivity index (χ3n) is 8.63. The van der Waals surface area contributed by atoms with Crippen LogP contribution in [0.2, 0.25) is 0 Å². The fourth-order valence-corrected chi connectivity index (χ4v) is 7.85. The van der Waals surface area contributed by atoms with Crippen LogP contribution in [0.4, 0.5) is 0 Å². The SMILES string of the molecule is C=C1CC23CC1C(O)CC2C1(C)CCCC(C)(C(=O)O)C1C3C(=O)O. The van der Waals surface area contributed by atoms with Gasteiger partial charge >= 0.3 is 11.9 Å². The van der Waals surface area contributed by atoms with Gasteiger partial charge in [0.15, 0.2) is 0 Å². The molecule has 2 bridgehead atoms. The number of aliphatic hydroxyl groups is 1. The lowest BCUT2D eigenvalue weighted by Gasteiger charge is -2.50. The average Bonchev–Trinajstić information content (AvgIpc) is 2.92. The van der Waals surface area contributed by atoms with Gasteiger partial charge in [0.1, 0.15) is 0 Å². The first-order valence-electron chi connectivity index (χ1n) is 9.40. The third kappa shape index (κ3) is 1.83. The van der Waals surface area contributed by atoms with E-state index in [1.165, 1.54) is 0 Å². The van der Waals surface area contributed by atoms with Crippen molar-refractivity contribution in [2.24, 2.45) is 39.9 Å². The van der Waals surface area contributed by atoms with Crippen LogP contribution in [-0.2, 0) is 9.59 Å². The maximum absolute atomic E-state index is 12.4. The molecule has 25 heavy (non-hydrogen) atoms. The Balaban J connectivity index is 1.93. The number of aliphatic hydroxyl groups excluding tert-OH is 1. The van der Waals surface area contributed by atoms with Crippen molar-refractivity contribution in [1.29, 1.82) is 0 Å². The lowest BCUT2D eigenvalue weighted by atomic mass is 9.53. The molecule has 8 atom stereocenters. The minimum atomic E-state index is -1.02. The van der Waals surface area contributed by atoms with E-state index in [1.54, 1.807) is 6.92 Å². The summed E-state index contributed by atoms with van der Waals surface area (Å²) in [6.45, 7) is 7.99. The molecule has 5 heteroatoms. The predicted octanol–water partition coefficient (Wildman–Crippen LogP) is 2.93. The second kappa shape index (κ2) is 4.87.